The number of methoxy groups -OCH3 is 1. The second kappa shape index (κ2) is 8.14. The first-order valence-corrected chi connectivity index (χ1v) is 12.4. The van der Waals surface area contributed by atoms with Gasteiger partial charge in [-0.3, -0.25) is 14.3 Å². The van der Waals surface area contributed by atoms with Gasteiger partial charge in [-0.15, -0.1) is 0 Å². The SMILES string of the molecule is CCOC(=O)C1(CC)C(=O)Nc2cc3c(cc21)NC(c1ccc(NS(C)(=O)=O)cc1OC)N3. The van der Waals surface area contributed by atoms with E-state index in [0.717, 1.165) is 23.2 Å². The van der Waals surface area contributed by atoms with Crippen molar-refractivity contribution < 1.29 is 27.5 Å². The average Bonchev–Trinajstić information content (AvgIpc) is 3.28. The van der Waals surface area contributed by atoms with Crippen molar-refractivity contribution in [3.05, 3.63) is 41.5 Å². The highest BCUT2D eigenvalue weighted by atomic mass is 32.2. The van der Waals surface area contributed by atoms with Gasteiger partial charge in [0.1, 0.15) is 11.9 Å². The normalized spacial score (nSPS) is 20.7. The van der Waals surface area contributed by atoms with Crippen LogP contribution in [0.3, 0.4) is 0 Å². The number of nitrogens with one attached hydrogen (secondary N) is 4. The molecule has 0 fully saturated rings. The predicted octanol–water partition coefficient (Wildman–Crippen LogP) is 2.77. The number of rotatable bonds is 7. The molecule has 2 aromatic rings. The number of hydrogen-bond acceptors (Lipinski definition) is 8. The van der Waals surface area contributed by atoms with Crippen LogP contribution in [0.4, 0.5) is 22.7 Å². The summed E-state index contributed by atoms with van der Waals surface area (Å²) in [5.74, 6) is -0.479. The molecule has 0 radical (unpaired) electrons. The molecule has 33 heavy (non-hydrogen) atoms. The molecule has 0 spiro atoms. The summed E-state index contributed by atoms with van der Waals surface area (Å²) in [5.41, 5.74) is 2.34. The van der Waals surface area contributed by atoms with Crippen LogP contribution in [0.15, 0.2) is 30.3 Å². The maximum Gasteiger partial charge on any atom is 0.326 e. The Morgan fingerprint density at radius 2 is 1.82 bits per heavy atom. The molecule has 10 nitrogen and oxygen atoms in total. The Balaban J connectivity index is 1.67. The number of benzene rings is 2. The molecule has 1 amide bonds. The fraction of sp³-hybridized carbons (Fsp3) is 0.364. The minimum Gasteiger partial charge on any atom is -0.496 e. The van der Waals surface area contributed by atoms with Crippen molar-refractivity contribution >= 4 is 44.6 Å². The Labute approximate surface area is 192 Å². The van der Waals surface area contributed by atoms with E-state index >= 15 is 0 Å². The van der Waals surface area contributed by atoms with Gasteiger partial charge < -0.3 is 25.4 Å². The van der Waals surface area contributed by atoms with Gasteiger partial charge in [0, 0.05) is 22.9 Å². The monoisotopic (exact) mass is 474 g/mol. The Kier molecular flexibility index (Phi) is 5.61. The lowest BCUT2D eigenvalue weighted by Gasteiger charge is -2.23. The van der Waals surface area contributed by atoms with E-state index in [2.05, 4.69) is 20.7 Å². The number of amides is 1. The van der Waals surface area contributed by atoms with Gasteiger partial charge in [0.2, 0.25) is 15.9 Å². The van der Waals surface area contributed by atoms with Crippen LogP contribution in [0.1, 0.15) is 37.6 Å². The molecule has 0 bridgehead atoms. The van der Waals surface area contributed by atoms with Gasteiger partial charge in [-0.1, -0.05) is 6.92 Å². The Hall–Kier alpha value is -3.47. The van der Waals surface area contributed by atoms with Crippen molar-refractivity contribution in [2.24, 2.45) is 0 Å². The number of carbonyl (C=O) groups is 2. The zero-order chi connectivity index (χ0) is 24.0. The summed E-state index contributed by atoms with van der Waals surface area (Å²) in [6, 6.07) is 8.59. The summed E-state index contributed by atoms with van der Waals surface area (Å²) >= 11 is 0. The van der Waals surface area contributed by atoms with Gasteiger partial charge in [-0.2, -0.15) is 0 Å². The van der Waals surface area contributed by atoms with E-state index in [0.29, 0.717) is 22.7 Å². The molecule has 0 aliphatic carbocycles. The fourth-order valence-electron chi connectivity index (χ4n) is 4.33. The zero-order valence-electron chi connectivity index (χ0n) is 18.7. The largest absolute Gasteiger partial charge is 0.496 e. The third-order valence-corrected chi connectivity index (χ3v) is 6.46. The number of anilines is 4. The fourth-order valence-corrected chi connectivity index (χ4v) is 4.88. The van der Waals surface area contributed by atoms with Gasteiger partial charge >= 0.3 is 5.97 Å². The van der Waals surface area contributed by atoms with Gasteiger partial charge in [-0.05, 0) is 37.6 Å². The third-order valence-electron chi connectivity index (χ3n) is 5.85. The summed E-state index contributed by atoms with van der Waals surface area (Å²) in [6.07, 6.45) is 0.969. The maximum atomic E-state index is 12.8. The highest BCUT2D eigenvalue weighted by Gasteiger charge is 2.53. The van der Waals surface area contributed by atoms with Crippen molar-refractivity contribution in [2.75, 3.05) is 40.6 Å². The second-order valence-electron chi connectivity index (χ2n) is 7.93. The van der Waals surface area contributed by atoms with E-state index in [9.17, 15) is 18.0 Å². The molecule has 2 heterocycles. The van der Waals surface area contributed by atoms with E-state index < -0.39 is 27.3 Å². The van der Waals surface area contributed by atoms with Crippen molar-refractivity contribution in [3.8, 4) is 5.75 Å². The molecular weight excluding hydrogens is 448 g/mol. The van der Waals surface area contributed by atoms with Crippen LogP contribution in [-0.4, -0.2) is 40.3 Å². The molecule has 4 N–H and O–H groups in total. The van der Waals surface area contributed by atoms with Crippen LogP contribution in [0.25, 0.3) is 0 Å². The Morgan fingerprint density at radius 1 is 1.12 bits per heavy atom. The molecule has 0 aromatic heterocycles. The number of carbonyl (C=O) groups excluding carboxylic acids is 2. The van der Waals surface area contributed by atoms with Gasteiger partial charge in [0.05, 0.1) is 37.0 Å². The Bertz CT molecular complexity index is 1250. The van der Waals surface area contributed by atoms with Crippen molar-refractivity contribution in [3.63, 3.8) is 0 Å². The van der Waals surface area contributed by atoms with Crippen LogP contribution in [0.2, 0.25) is 0 Å². The summed E-state index contributed by atoms with van der Waals surface area (Å²) in [6.45, 7) is 3.67. The van der Waals surface area contributed by atoms with Gasteiger partial charge in [0.15, 0.2) is 5.41 Å². The molecule has 2 aliphatic heterocycles. The number of ether oxygens (including phenoxy) is 2. The minimum absolute atomic E-state index is 0.181. The van der Waals surface area contributed by atoms with E-state index in [-0.39, 0.29) is 19.2 Å². The predicted molar refractivity (Wildman–Crippen MR) is 125 cm³/mol. The van der Waals surface area contributed by atoms with Crippen molar-refractivity contribution in [2.45, 2.75) is 31.8 Å². The summed E-state index contributed by atoms with van der Waals surface area (Å²) in [7, 11) is -1.92. The summed E-state index contributed by atoms with van der Waals surface area (Å²) < 4.78 is 36.2. The maximum absolute atomic E-state index is 12.8. The van der Waals surface area contributed by atoms with E-state index in [4.69, 9.17) is 9.47 Å². The van der Waals surface area contributed by atoms with Crippen LogP contribution in [0.5, 0.6) is 5.75 Å². The lowest BCUT2D eigenvalue weighted by Crippen LogP contribution is -2.43. The smallest absolute Gasteiger partial charge is 0.326 e. The van der Waals surface area contributed by atoms with Gasteiger partial charge in [-0.25, -0.2) is 8.42 Å². The third kappa shape index (κ3) is 3.82. The summed E-state index contributed by atoms with van der Waals surface area (Å²) in [4.78, 5) is 25.6. The Morgan fingerprint density at radius 3 is 2.42 bits per heavy atom. The zero-order valence-corrected chi connectivity index (χ0v) is 19.6. The molecule has 4 rings (SSSR count). The number of sulfonamides is 1. The highest BCUT2D eigenvalue weighted by Crippen LogP contribution is 2.48. The van der Waals surface area contributed by atoms with E-state index in [1.54, 1.807) is 44.2 Å². The molecule has 2 aromatic carbocycles. The van der Waals surface area contributed by atoms with Crippen LogP contribution >= 0.6 is 0 Å². The number of fused-ring (bicyclic) bond motifs is 2. The van der Waals surface area contributed by atoms with Crippen LogP contribution in [0, 0.1) is 0 Å². The highest BCUT2D eigenvalue weighted by molar-refractivity contribution is 7.92. The first-order chi connectivity index (χ1) is 15.6. The lowest BCUT2D eigenvalue weighted by molar-refractivity contribution is -0.153. The van der Waals surface area contributed by atoms with Crippen LogP contribution in [-0.2, 0) is 29.8 Å². The topological polar surface area (TPSA) is 135 Å². The second-order valence-corrected chi connectivity index (χ2v) is 9.68. The van der Waals surface area contributed by atoms with E-state index in [1.165, 1.54) is 7.11 Å². The molecule has 2 atom stereocenters. The van der Waals surface area contributed by atoms with Crippen molar-refractivity contribution in [1.82, 2.24) is 0 Å². The quantitative estimate of drug-likeness (QED) is 0.355. The molecule has 11 heteroatoms. The molecule has 176 valence electrons. The van der Waals surface area contributed by atoms with Crippen molar-refractivity contribution in [1.29, 1.82) is 0 Å². The molecular formula is C22H26N4O6S. The van der Waals surface area contributed by atoms with E-state index in [1.807, 2.05) is 0 Å². The molecule has 0 saturated heterocycles. The average molecular weight is 475 g/mol. The van der Waals surface area contributed by atoms with Crippen LogP contribution < -0.4 is 25.4 Å². The number of hydrogen-bond donors (Lipinski definition) is 4. The standard InChI is InChI=1S/C22H26N4O6S/c1-5-22(21(28)32-6-2)14-10-16-17(11-15(14)25-20(22)27)24-19(23-16)13-8-7-12(9-18(13)31-3)26-33(4,29)30/h7-11,19,23-24,26H,5-6H2,1-4H3,(H,25,27). The lowest BCUT2D eigenvalue weighted by atomic mass is 9.79. The first-order valence-electron chi connectivity index (χ1n) is 10.5. The number of esters is 1. The molecule has 0 saturated carbocycles. The van der Waals surface area contributed by atoms with Gasteiger partial charge in [0.25, 0.3) is 0 Å². The minimum atomic E-state index is -3.42. The summed E-state index contributed by atoms with van der Waals surface area (Å²) in [5, 5.41) is 9.51. The molecule has 2 unspecified atom stereocenters. The molecule has 2 aliphatic rings. The first kappa shape index (κ1) is 22.7.